The van der Waals surface area contributed by atoms with E-state index in [9.17, 15) is 14.1 Å². The van der Waals surface area contributed by atoms with Gasteiger partial charge in [-0.1, -0.05) is 24.3 Å². The maximum absolute atomic E-state index is 12.1. The standard InChI is InChI=1S/C18H20N2O3S/c1-24(23)13-7-5-12(6-8-13)11-19-18(22)20-16-10-9-15-14(16)3-2-4-17(15)21/h2-8,16,21H,9-11H2,1H3,(H2,19,20,22)/t16-,24-/m1/s1. The predicted octanol–water partition coefficient (Wildman–Crippen LogP) is 2.62. The summed E-state index contributed by atoms with van der Waals surface area (Å²) in [5, 5.41) is 15.6. The van der Waals surface area contributed by atoms with Gasteiger partial charge in [-0.15, -0.1) is 0 Å². The lowest BCUT2D eigenvalue weighted by atomic mass is 10.1. The Labute approximate surface area is 143 Å². The Kier molecular flexibility index (Phi) is 4.85. The van der Waals surface area contributed by atoms with E-state index in [4.69, 9.17) is 0 Å². The normalized spacial score (nSPS) is 17.1. The van der Waals surface area contributed by atoms with Crippen LogP contribution in [-0.4, -0.2) is 21.6 Å². The van der Waals surface area contributed by atoms with Crippen molar-refractivity contribution in [1.29, 1.82) is 0 Å². The Morgan fingerprint density at radius 1 is 1.25 bits per heavy atom. The summed E-state index contributed by atoms with van der Waals surface area (Å²) in [7, 11) is -0.997. The summed E-state index contributed by atoms with van der Waals surface area (Å²) in [4.78, 5) is 12.9. The van der Waals surface area contributed by atoms with Crippen molar-refractivity contribution < 1.29 is 14.1 Å². The van der Waals surface area contributed by atoms with Crippen LogP contribution in [-0.2, 0) is 23.8 Å². The number of phenolic OH excluding ortho intramolecular Hbond substituents is 1. The minimum absolute atomic E-state index is 0.0722. The van der Waals surface area contributed by atoms with Gasteiger partial charge in [0.15, 0.2) is 0 Å². The second-order valence-electron chi connectivity index (χ2n) is 5.86. The molecule has 0 unspecified atom stereocenters. The number of amides is 2. The van der Waals surface area contributed by atoms with Crippen molar-refractivity contribution in [2.24, 2.45) is 0 Å². The summed E-state index contributed by atoms with van der Waals surface area (Å²) in [6, 6.07) is 12.4. The van der Waals surface area contributed by atoms with Gasteiger partial charge in [-0.2, -0.15) is 0 Å². The quantitative estimate of drug-likeness (QED) is 0.798. The van der Waals surface area contributed by atoms with Crippen LogP contribution in [0.25, 0.3) is 0 Å². The molecule has 1 aliphatic rings. The van der Waals surface area contributed by atoms with Crippen LogP contribution in [0.5, 0.6) is 5.75 Å². The lowest BCUT2D eigenvalue weighted by Crippen LogP contribution is -2.36. The first-order valence-corrected chi connectivity index (χ1v) is 9.38. The van der Waals surface area contributed by atoms with Gasteiger partial charge in [-0.25, -0.2) is 4.79 Å². The van der Waals surface area contributed by atoms with Crippen LogP contribution in [0.4, 0.5) is 4.79 Å². The molecule has 1 aliphatic carbocycles. The van der Waals surface area contributed by atoms with Gasteiger partial charge in [-0.05, 0) is 47.7 Å². The van der Waals surface area contributed by atoms with Crippen molar-refractivity contribution in [1.82, 2.24) is 10.6 Å². The number of nitrogens with one attached hydrogen (secondary N) is 2. The van der Waals surface area contributed by atoms with E-state index in [2.05, 4.69) is 10.6 Å². The fraction of sp³-hybridized carbons (Fsp3) is 0.278. The molecule has 3 rings (SSSR count). The summed E-state index contributed by atoms with van der Waals surface area (Å²) in [5.41, 5.74) is 2.86. The van der Waals surface area contributed by atoms with Crippen LogP contribution in [0.1, 0.15) is 29.2 Å². The molecule has 0 fully saturated rings. The molecule has 5 nitrogen and oxygen atoms in total. The van der Waals surface area contributed by atoms with Gasteiger partial charge in [0.1, 0.15) is 5.75 Å². The highest BCUT2D eigenvalue weighted by atomic mass is 32.2. The molecule has 0 aromatic heterocycles. The lowest BCUT2D eigenvalue weighted by molar-refractivity contribution is 0.236. The lowest BCUT2D eigenvalue weighted by Gasteiger charge is -2.15. The molecule has 0 saturated carbocycles. The molecule has 0 radical (unpaired) electrons. The van der Waals surface area contributed by atoms with Gasteiger partial charge in [-0.3, -0.25) is 4.21 Å². The maximum atomic E-state index is 12.1. The molecule has 2 atom stereocenters. The molecule has 0 bridgehead atoms. The van der Waals surface area contributed by atoms with Crippen molar-refractivity contribution in [3.8, 4) is 5.75 Å². The van der Waals surface area contributed by atoms with Crippen LogP contribution in [0.2, 0.25) is 0 Å². The topological polar surface area (TPSA) is 78.4 Å². The predicted molar refractivity (Wildman–Crippen MR) is 93.3 cm³/mol. The zero-order valence-corrected chi connectivity index (χ0v) is 14.2. The second-order valence-corrected chi connectivity index (χ2v) is 7.24. The third kappa shape index (κ3) is 3.59. The highest BCUT2D eigenvalue weighted by Gasteiger charge is 2.25. The highest BCUT2D eigenvalue weighted by Crippen LogP contribution is 2.36. The van der Waals surface area contributed by atoms with E-state index >= 15 is 0 Å². The van der Waals surface area contributed by atoms with Gasteiger partial charge in [0, 0.05) is 28.5 Å². The Morgan fingerprint density at radius 2 is 2.00 bits per heavy atom. The van der Waals surface area contributed by atoms with Crippen LogP contribution < -0.4 is 10.6 Å². The number of hydrogen-bond acceptors (Lipinski definition) is 3. The Bertz CT molecular complexity index is 774. The van der Waals surface area contributed by atoms with Gasteiger partial charge < -0.3 is 15.7 Å². The summed E-state index contributed by atoms with van der Waals surface area (Å²) < 4.78 is 11.4. The first-order valence-electron chi connectivity index (χ1n) is 7.82. The average molecular weight is 344 g/mol. The molecule has 0 heterocycles. The van der Waals surface area contributed by atoms with E-state index in [1.807, 2.05) is 18.2 Å². The summed E-state index contributed by atoms with van der Waals surface area (Å²) in [6.07, 6.45) is 3.19. The molecule has 3 N–H and O–H groups in total. The molecule has 0 spiro atoms. The van der Waals surface area contributed by atoms with Crippen molar-refractivity contribution in [2.75, 3.05) is 6.26 Å². The molecule has 126 valence electrons. The molecule has 6 heteroatoms. The molecular weight excluding hydrogens is 324 g/mol. The largest absolute Gasteiger partial charge is 0.508 e. The third-order valence-corrected chi connectivity index (χ3v) is 5.20. The van der Waals surface area contributed by atoms with E-state index in [0.29, 0.717) is 12.3 Å². The summed E-state index contributed by atoms with van der Waals surface area (Å²) in [6.45, 7) is 0.405. The van der Waals surface area contributed by atoms with Crippen LogP contribution in [0.3, 0.4) is 0 Å². The van der Waals surface area contributed by atoms with Gasteiger partial charge in [0.05, 0.1) is 6.04 Å². The molecule has 0 aliphatic heterocycles. The third-order valence-electron chi connectivity index (χ3n) is 4.26. The number of benzene rings is 2. The molecular formula is C18H20N2O3S. The Morgan fingerprint density at radius 3 is 2.71 bits per heavy atom. The Hall–Kier alpha value is -2.34. The van der Waals surface area contributed by atoms with Crippen LogP contribution in [0, 0.1) is 0 Å². The van der Waals surface area contributed by atoms with Crippen molar-refractivity contribution >= 4 is 16.8 Å². The monoisotopic (exact) mass is 344 g/mol. The fourth-order valence-electron chi connectivity index (χ4n) is 2.98. The number of rotatable bonds is 4. The smallest absolute Gasteiger partial charge is 0.315 e. The summed E-state index contributed by atoms with van der Waals surface area (Å²) >= 11 is 0. The molecule has 2 amide bonds. The number of fused-ring (bicyclic) bond motifs is 1. The number of urea groups is 1. The molecule has 0 saturated heterocycles. The molecule has 24 heavy (non-hydrogen) atoms. The minimum Gasteiger partial charge on any atom is -0.508 e. The van der Waals surface area contributed by atoms with E-state index in [1.165, 1.54) is 0 Å². The number of hydrogen-bond donors (Lipinski definition) is 3. The fourth-order valence-corrected chi connectivity index (χ4v) is 3.49. The highest BCUT2D eigenvalue weighted by molar-refractivity contribution is 7.84. The average Bonchev–Trinajstić information content (AvgIpc) is 2.98. The van der Waals surface area contributed by atoms with Gasteiger partial charge >= 0.3 is 6.03 Å². The van der Waals surface area contributed by atoms with Crippen molar-refractivity contribution in [3.05, 3.63) is 59.2 Å². The van der Waals surface area contributed by atoms with Crippen molar-refractivity contribution in [2.45, 2.75) is 30.3 Å². The van der Waals surface area contributed by atoms with Gasteiger partial charge in [0.25, 0.3) is 0 Å². The zero-order valence-electron chi connectivity index (χ0n) is 13.4. The molecule has 2 aromatic rings. The van der Waals surface area contributed by atoms with Crippen LogP contribution in [0.15, 0.2) is 47.4 Å². The second kappa shape index (κ2) is 7.05. The zero-order chi connectivity index (χ0) is 17.1. The number of phenols is 1. The van der Waals surface area contributed by atoms with E-state index < -0.39 is 10.8 Å². The number of carbonyl (C=O) groups excluding carboxylic acids is 1. The Balaban J connectivity index is 1.56. The first kappa shape index (κ1) is 16.5. The van der Waals surface area contributed by atoms with Crippen molar-refractivity contribution in [3.63, 3.8) is 0 Å². The maximum Gasteiger partial charge on any atom is 0.315 e. The van der Waals surface area contributed by atoms with E-state index in [1.54, 1.807) is 30.5 Å². The van der Waals surface area contributed by atoms with E-state index in [0.717, 1.165) is 34.4 Å². The first-order chi connectivity index (χ1) is 11.5. The minimum atomic E-state index is -0.997. The summed E-state index contributed by atoms with van der Waals surface area (Å²) in [5.74, 6) is 0.297. The number of aromatic hydroxyl groups is 1. The van der Waals surface area contributed by atoms with E-state index in [-0.39, 0.29) is 12.1 Å². The number of carbonyl (C=O) groups is 1. The SMILES string of the molecule is C[S@@](=O)c1ccc(CNC(=O)N[C@@H]2CCc3c(O)cccc32)cc1. The van der Waals surface area contributed by atoms with Crippen LogP contribution >= 0.6 is 0 Å². The molecule has 2 aromatic carbocycles. The van der Waals surface area contributed by atoms with Gasteiger partial charge in [0.2, 0.25) is 0 Å².